The second kappa shape index (κ2) is 7.57. The third-order valence-corrected chi connectivity index (χ3v) is 4.53. The lowest BCUT2D eigenvalue weighted by molar-refractivity contribution is -0.132. The molecule has 6 nitrogen and oxygen atoms in total. The van der Waals surface area contributed by atoms with E-state index < -0.39 is 0 Å². The van der Waals surface area contributed by atoms with E-state index in [1.54, 1.807) is 13.1 Å². The number of rotatable bonds is 6. The van der Waals surface area contributed by atoms with Gasteiger partial charge in [0.15, 0.2) is 0 Å². The molecule has 0 aliphatic carbocycles. The van der Waals surface area contributed by atoms with Crippen LogP contribution < -0.4 is 0 Å². The zero-order valence-corrected chi connectivity index (χ0v) is 14.3. The Bertz CT molecular complexity index is 671. The summed E-state index contributed by atoms with van der Waals surface area (Å²) in [7, 11) is 0. The first-order valence-corrected chi connectivity index (χ1v) is 8.41. The Morgan fingerprint density at radius 1 is 1.42 bits per heavy atom. The van der Waals surface area contributed by atoms with Gasteiger partial charge in [-0.05, 0) is 37.5 Å². The summed E-state index contributed by atoms with van der Waals surface area (Å²) in [5.41, 5.74) is 1.30. The van der Waals surface area contributed by atoms with Crippen LogP contribution in [0.25, 0.3) is 0 Å². The number of hydrogen-bond donors (Lipinski definition) is 0. The van der Waals surface area contributed by atoms with Crippen molar-refractivity contribution in [3.8, 4) is 0 Å². The number of hydrogen-bond acceptors (Lipinski definition) is 5. The molecule has 1 atom stereocenters. The molecule has 2 aromatic rings. The SMILES string of the molecule is CC(=O)N(Cc1ncc(C)o1)[C@@H]1CCN(CCc2ccncc2)C1. The first-order chi connectivity index (χ1) is 11.6. The smallest absolute Gasteiger partial charge is 0.220 e. The van der Waals surface area contributed by atoms with Crippen LogP contribution in [0.4, 0.5) is 0 Å². The average Bonchev–Trinajstić information content (AvgIpc) is 3.20. The van der Waals surface area contributed by atoms with E-state index in [2.05, 4.69) is 27.0 Å². The molecule has 1 amide bonds. The molecular formula is C18H24N4O2. The summed E-state index contributed by atoms with van der Waals surface area (Å²) in [6.07, 6.45) is 7.36. The molecule has 2 aromatic heterocycles. The maximum atomic E-state index is 12.1. The van der Waals surface area contributed by atoms with Gasteiger partial charge in [-0.15, -0.1) is 0 Å². The Hall–Kier alpha value is -2.21. The number of aryl methyl sites for hydroxylation is 1. The van der Waals surface area contributed by atoms with Crippen molar-refractivity contribution in [1.29, 1.82) is 0 Å². The molecule has 1 fully saturated rings. The third-order valence-electron chi connectivity index (χ3n) is 4.53. The van der Waals surface area contributed by atoms with Crippen molar-refractivity contribution in [2.75, 3.05) is 19.6 Å². The molecule has 0 N–H and O–H groups in total. The fourth-order valence-electron chi connectivity index (χ4n) is 3.22. The van der Waals surface area contributed by atoms with E-state index >= 15 is 0 Å². The highest BCUT2D eigenvalue weighted by atomic mass is 16.4. The highest BCUT2D eigenvalue weighted by Crippen LogP contribution is 2.19. The van der Waals surface area contributed by atoms with Crippen molar-refractivity contribution in [2.24, 2.45) is 0 Å². The van der Waals surface area contributed by atoms with Crippen LogP contribution in [0, 0.1) is 6.92 Å². The number of pyridine rings is 1. The minimum Gasteiger partial charge on any atom is -0.444 e. The van der Waals surface area contributed by atoms with Crippen molar-refractivity contribution in [3.63, 3.8) is 0 Å². The molecule has 0 unspecified atom stereocenters. The Morgan fingerprint density at radius 3 is 2.88 bits per heavy atom. The quantitative estimate of drug-likeness (QED) is 0.812. The first-order valence-electron chi connectivity index (χ1n) is 8.41. The molecule has 0 radical (unpaired) electrons. The Labute approximate surface area is 142 Å². The number of amides is 1. The number of oxazole rings is 1. The van der Waals surface area contributed by atoms with Gasteiger partial charge in [0.25, 0.3) is 0 Å². The standard InChI is InChI=1S/C18H24N4O2/c1-14-11-20-18(24-14)13-22(15(2)23)17-6-10-21(12-17)9-5-16-3-7-19-8-4-16/h3-4,7-8,11,17H,5-6,9-10,12-13H2,1-2H3/t17-/m1/s1. The maximum absolute atomic E-state index is 12.1. The Morgan fingerprint density at radius 2 is 2.21 bits per heavy atom. The normalized spacial score (nSPS) is 18.0. The number of nitrogens with zero attached hydrogens (tertiary/aromatic N) is 4. The number of carbonyl (C=O) groups is 1. The van der Waals surface area contributed by atoms with Gasteiger partial charge in [-0.25, -0.2) is 4.98 Å². The molecule has 1 saturated heterocycles. The van der Waals surface area contributed by atoms with E-state index in [1.165, 1.54) is 5.56 Å². The van der Waals surface area contributed by atoms with Crippen molar-refractivity contribution in [2.45, 2.75) is 39.3 Å². The van der Waals surface area contributed by atoms with Gasteiger partial charge in [-0.1, -0.05) is 0 Å². The van der Waals surface area contributed by atoms with Crippen molar-refractivity contribution in [3.05, 3.63) is 47.9 Å². The monoisotopic (exact) mass is 328 g/mol. The van der Waals surface area contributed by atoms with Crippen LogP contribution in [0.2, 0.25) is 0 Å². The number of aromatic nitrogens is 2. The van der Waals surface area contributed by atoms with Crippen LogP contribution in [0.1, 0.15) is 30.6 Å². The summed E-state index contributed by atoms with van der Waals surface area (Å²) in [5.74, 6) is 1.46. The molecule has 3 heterocycles. The third kappa shape index (κ3) is 4.20. The number of carbonyl (C=O) groups excluding carboxylic acids is 1. The zero-order chi connectivity index (χ0) is 16.9. The van der Waals surface area contributed by atoms with Crippen LogP contribution in [0.15, 0.2) is 35.1 Å². The summed E-state index contributed by atoms with van der Waals surface area (Å²) >= 11 is 0. The van der Waals surface area contributed by atoms with E-state index in [-0.39, 0.29) is 11.9 Å². The van der Waals surface area contributed by atoms with Gasteiger partial charge in [-0.3, -0.25) is 9.78 Å². The van der Waals surface area contributed by atoms with Gasteiger partial charge < -0.3 is 14.2 Å². The van der Waals surface area contributed by atoms with E-state index in [0.717, 1.165) is 38.2 Å². The highest BCUT2D eigenvalue weighted by Gasteiger charge is 2.29. The molecular weight excluding hydrogens is 304 g/mol. The van der Waals surface area contributed by atoms with E-state index in [4.69, 9.17) is 4.42 Å². The molecule has 3 rings (SSSR count). The molecule has 6 heteroatoms. The van der Waals surface area contributed by atoms with Crippen LogP contribution in [0.3, 0.4) is 0 Å². The van der Waals surface area contributed by atoms with Crippen LogP contribution in [-0.4, -0.2) is 51.4 Å². The van der Waals surface area contributed by atoms with Crippen LogP contribution in [0.5, 0.6) is 0 Å². The van der Waals surface area contributed by atoms with Crippen molar-refractivity contribution in [1.82, 2.24) is 19.8 Å². The van der Waals surface area contributed by atoms with E-state index in [1.807, 2.05) is 24.2 Å². The number of likely N-dealkylation sites (tertiary alicyclic amines) is 1. The predicted octanol–water partition coefficient (Wildman–Crippen LogP) is 2.04. The fraction of sp³-hybridized carbons (Fsp3) is 0.500. The summed E-state index contributed by atoms with van der Waals surface area (Å²) in [5, 5.41) is 0. The van der Waals surface area contributed by atoms with Gasteiger partial charge in [-0.2, -0.15) is 0 Å². The summed E-state index contributed by atoms with van der Waals surface area (Å²) in [4.78, 5) is 24.6. The van der Waals surface area contributed by atoms with Gasteiger partial charge >= 0.3 is 0 Å². The first kappa shape index (κ1) is 16.6. The Balaban J connectivity index is 1.55. The molecule has 0 saturated carbocycles. The molecule has 1 aliphatic heterocycles. The second-order valence-electron chi connectivity index (χ2n) is 6.36. The van der Waals surface area contributed by atoms with Gasteiger partial charge in [0.05, 0.1) is 12.7 Å². The molecule has 24 heavy (non-hydrogen) atoms. The lowest BCUT2D eigenvalue weighted by Crippen LogP contribution is -2.40. The lowest BCUT2D eigenvalue weighted by Gasteiger charge is -2.27. The van der Waals surface area contributed by atoms with E-state index in [0.29, 0.717) is 12.4 Å². The largest absolute Gasteiger partial charge is 0.444 e. The topological polar surface area (TPSA) is 62.5 Å². The average molecular weight is 328 g/mol. The maximum Gasteiger partial charge on any atom is 0.220 e. The minimum atomic E-state index is 0.0758. The summed E-state index contributed by atoms with van der Waals surface area (Å²) in [6.45, 7) is 6.87. The lowest BCUT2D eigenvalue weighted by atomic mass is 10.2. The Kier molecular flexibility index (Phi) is 5.25. The molecule has 0 aromatic carbocycles. The minimum absolute atomic E-state index is 0.0758. The van der Waals surface area contributed by atoms with Crippen molar-refractivity contribution >= 4 is 5.91 Å². The predicted molar refractivity (Wildman–Crippen MR) is 90.3 cm³/mol. The summed E-state index contributed by atoms with van der Waals surface area (Å²) in [6, 6.07) is 4.34. The van der Waals surface area contributed by atoms with Gasteiger partial charge in [0.2, 0.25) is 11.8 Å². The van der Waals surface area contributed by atoms with Crippen LogP contribution >= 0.6 is 0 Å². The molecule has 1 aliphatic rings. The van der Waals surface area contributed by atoms with Crippen molar-refractivity contribution < 1.29 is 9.21 Å². The van der Waals surface area contributed by atoms with E-state index in [9.17, 15) is 4.79 Å². The summed E-state index contributed by atoms with van der Waals surface area (Å²) < 4.78 is 5.53. The van der Waals surface area contributed by atoms with Gasteiger partial charge in [0.1, 0.15) is 5.76 Å². The second-order valence-corrected chi connectivity index (χ2v) is 6.36. The molecule has 0 spiro atoms. The van der Waals surface area contributed by atoms with Gasteiger partial charge in [0, 0.05) is 45.0 Å². The fourth-order valence-corrected chi connectivity index (χ4v) is 3.22. The molecule has 128 valence electrons. The molecule has 0 bridgehead atoms. The van der Waals surface area contributed by atoms with Crippen LogP contribution in [-0.2, 0) is 17.8 Å². The highest BCUT2D eigenvalue weighted by molar-refractivity contribution is 5.73. The zero-order valence-electron chi connectivity index (χ0n) is 14.3.